The zero-order valence-corrected chi connectivity index (χ0v) is 15.0. The summed E-state index contributed by atoms with van der Waals surface area (Å²) in [5.74, 6) is 1.49. The van der Waals surface area contributed by atoms with E-state index in [9.17, 15) is 0 Å². The summed E-state index contributed by atoms with van der Waals surface area (Å²) in [6.07, 6.45) is 2.50. The summed E-state index contributed by atoms with van der Waals surface area (Å²) < 4.78 is 0. The van der Waals surface area contributed by atoms with Crippen molar-refractivity contribution in [3.8, 4) is 0 Å². The molecule has 19 heavy (non-hydrogen) atoms. The fourth-order valence-corrected chi connectivity index (χ4v) is 0.838. The lowest BCUT2D eigenvalue weighted by molar-refractivity contribution is 0.737. The molecule has 114 valence electrons. The Bertz CT molecular complexity index is 216. The van der Waals surface area contributed by atoms with Crippen LogP contribution in [0.15, 0.2) is 30.3 Å². The lowest BCUT2D eigenvalue weighted by Crippen LogP contribution is -1.83. The minimum atomic E-state index is 0.659. The van der Waals surface area contributed by atoms with Gasteiger partial charge in [-0.1, -0.05) is 105 Å². The Balaban J connectivity index is -0.000000216. The van der Waals surface area contributed by atoms with Crippen LogP contribution in [-0.4, -0.2) is 0 Å². The molecule has 1 aromatic rings. The van der Waals surface area contributed by atoms with Crippen LogP contribution < -0.4 is 0 Å². The molecule has 0 spiro atoms. The molecule has 0 saturated heterocycles. The minimum Gasteiger partial charge on any atom is -0.0656 e. The van der Waals surface area contributed by atoms with Gasteiger partial charge in [0.05, 0.1) is 0 Å². The summed E-state index contributed by atoms with van der Waals surface area (Å²) in [4.78, 5) is 0. The first-order chi connectivity index (χ1) is 8.87. The van der Waals surface area contributed by atoms with E-state index in [4.69, 9.17) is 0 Å². The van der Waals surface area contributed by atoms with Gasteiger partial charge in [-0.05, 0) is 17.4 Å². The Morgan fingerprint density at radius 1 is 0.684 bits per heavy atom. The van der Waals surface area contributed by atoms with Crippen LogP contribution in [0.2, 0.25) is 0 Å². The second-order valence-electron chi connectivity index (χ2n) is 5.71. The van der Waals surface area contributed by atoms with E-state index in [2.05, 4.69) is 86.6 Å². The Morgan fingerprint density at radius 3 is 1.11 bits per heavy atom. The van der Waals surface area contributed by atoms with Crippen LogP contribution in [-0.2, 0) is 0 Å². The van der Waals surface area contributed by atoms with Crippen molar-refractivity contribution < 1.29 is 0 Å². The third kappa shape index (κ3) is 31.7. The molecule has 0 fully saturated rings. The Labute approximate surface area is 123 Å². The van der Waals surface area contributed by atoms with Gasteiger partial charge < -0.3 is 0 Å². The van der Waals surface area contributed by atoms with Crippen LogP contribution in [0.4, 0.5) is 0 Å². The second-order valence-corrected chi connectivity index (χ2v) is 5.71. The first kappa shape index (κ1) is 23.3. The zero-order valence-electron chi connectivity index (χ0n) is 15.0. The van der Waals surface area contributed by atoms with Crippen molar-refractivity contribution in [2.75, 3.05) is 0 Å². The number of benzene rings is 1. The van der Waals surface area contributed by atoms with E-state index in [1.165, 1.54) is 18.4 Å². The maximum Gasteiger partial charge on any atom is -0.0219 e. The van der Waals surface area contributed by atoms with Gasteiger partial charge in [0.1, 0.15) is 0 Å². The summed E-state index contributed by atoms with van der Waals surface area (Å²) in [6.45, 7) is 19.4. The maximum atomic E-state index is 2.20. The number of hydrogen-bond donors (Lipinski definition) is 0. The van der Waals surface area contributed by atoms with E-state index < -0.39 is 0 Å². The van der Waals surface area contributed by atoms with Crippen molar-refractivity contribution in [3.05, 3.63) is 35.9 Å². The molecule has 0 aliphatic heterocycles. The van der Waals surface area contributed by atoms with E-state index in [1.807, 2.05) is 6.07 Å². The molecular formula is C19H38. The fourth-order valence-electron chi connectivity index (χ4n) is 0.838. The molecular weight excluding hydrogens is 228 g/mol. The quantitative estimate of drug-likeness (QED) is 0.500. The average molecular weight is 267 g/mol. The molecule has 1 aromatic carbocycles. The van der Waals surface area contributed by atoms with Crippen molar-refractivity contribution in [1.82, 2.24) is 0 Å². The molecule has 0 atom stereocenters. The molecule has 0 bridgehead atoms. The second kappa shape index (κ2) is 19.6. The maximum absolute atomic E-state index is 2.20. The third-order valence-corrected chi connectivity index (χ3v) is 1.47. The fraction of sp³-hybridized carbons (Fsp3) is 0.684. The first-order valence-corrected chi connectivity index (χ1v) is 7.91. The monoisotopic (exact) mass is 266 g/mol. The van der Waals surface area contributed by atoms with Crippen LogP contribution in [0.5, 0.6) is 0 Å². The zero-order chi connectivity index (χ0) is 15.7. The molecule has 0 radical (unpaired) electrons. The van der Waals surface area contributed by atoms with Gasteiger partial charge in [0.15, 0.2) is 0 Å². The standard InChI is InChI=1S/C9H12.C4H10.2C3H8/c1-8(2)9-6-4-3-5-7-9;1-4(2)3;2*1-3-2/h3-8H,1-2H3;4H,1-3H3;2*3H2,1-2H3. The normalized spacial score (nSPS) is 8.58. The van der Waals surface area contributed by atoms with Gasteiger partial charge >= 0.3 is 0 Å². The van der Waals surface area contributed by atoms with Gasteiger partial charge in [-0.25, -0.2) is 0 Å². The number of rotatable bonds is 1. The molecule has 0 amide bonds. The Kier molecular flexibility index (Phi) is 24.0. The lowest BCUT2D eigenvalue weighted by Gasteiger charge is -2.01. The largest absolute Gasteiger partial charge is 0.0656 e. The van der Waals surface area contributed by atoms with Crippen LogP contribution in [0.1, 0.15) is 86.6 Å². The van der Waals surface area contributed by atoms with E-state index in [0.29, 0.717) is 5.92 Å². The molecule has 0 unspecified atom stereocenters. The molecule has 1 rings (SSSR count). The Hall–Kier alpha value is -0.780. The van der Waals surface area contributed by atoms with Gasteiger partial charge in [0.2, 0.25) is 0 Å². The minimum absolute atomic E-state index is 0.659. The first-order valence-electron chi connectivity index (χ1n) is 7.91. The topological polar surface area (TPSA) is 0 Å². The van der Waals surface area contributed by atoms with E-state index in [1.54, 1.807) is 0 Å². The summed E-state index contributed by atoms with van der Waals surface area (Å²) >= 11 is 0. The SMILES string of the molecule is CC(C)C.CC(C)c1ccccc1.CCC.CCC. The van der Waals surface area contributed by atoms with Crippen LogP contribution in [0.3, 0.4) is 0 Å². The predicted octanol–water partition coefficient (Wildman–Crippen LogP) is 7.30. The average Bonchev–Trinajstić information content (AvgIpc) is 2.31. The number of hydrogen-bond acceptors (Lipinski definition) is 0. The van der Waals surface area contributed by atoms with Crippen molar-refractivity contribution in [2.45, 2.75) is 81.1 Å². The van der Waals surface area contributed by atoms with Gasteiger partial charge in [-0.2, -0.15) is 0 Å². The lowest BCUT2D eigenvalue weighted by atomic mass is 10.0. The third-order valence-electron chi connectivity index (χ3n) is 1.47. The van der Waals surface area contributed by atoms with Gasteiger partial charge in [-0.15, -0.1) is 0 Å². The smallest absolute Gasteiger partial charge is 0.0219 e. The molecule has 0 aliphatic carbocycles. The molecule has 0 aliphatic rings. The molecule has 0 heteroatoms. The van der Waals surface area contributed by atoms with Crippen molar-refractivity contribution in [2.24, 2.45) is 5.92 Å². The summed E-state index contributed by atoms with van der Waals surface area (Å²) in [5.41, 5.74) is 1.41. The summed E-state index contributed by atoms with van der Waals surface area (Å²) in [5, 5.41) is 0. The van der Waals surface area contributed by atoms with Crippen LogP contribution >= 0.6 is 0 Å². The highest BCUT2D eigenvalue weighted by Crippen LogP contribution is 2.11. The van der Waals surface area contributed by atoms with Crippen molar-refractivity contribution >= 4 is 0 Å². The predicted molar refractivity (Wildman–Crippen MR) is 93.0 cm³/mol. The summed E-state index contributed by atoms with van der Waals surface area (Å²) in [7, 11) is 0. The highest BCUT2D eigenvalue weighted by Gasteiger charge is 1.93. The van der Waals surface area contributed by atoms with E-state index in [0.717, 1.165) is 5.92 Å². The van der Waals surface area contributed by atoms with E-state index in [-0.39, 0.29) is 0 Å². The van der Waals surface area contributed by atoms with Crippen molar-refractivity contribution in [3.63, 3.8) is 0 Å². The molecule has 0 nitrogen and oxygen atoms in total. The van der Waals surface area contributed by atoms with Gasteiger partial charge in [-0.3, -0.25) is 0 Å². The molecule has 0 aromatic heterocycles. The molecule has 0 heterocycles. The van der Waals surface area contributed by atoms with Gasteiger partial charge in [0, 0.05) is 0 Å². The molecule has 0 saturated carbocycles. The summed E-state index contributed by atoms with van der Waals surface area (Å²) in [6, 6.07) is 10.5. The van der Waals surface area contributed by atoms with E-state index >= 15 is 0 Å². The van der Waals surface area contributed by atoms with Crippen LogP contribution in [0.25, 0.3) is 0 Å². The van der Waals surface area contributed by atoms with Gasteiger partial charge in [0.25, 0.3) is 0 Å². The van der Waals surface area contributed by atoms with Crippen molar-refractivity contribution in [1.29, 1.82) is 0 Å². The Morgan fingerprint density at radius 2 is 0.947 bits per heavy atom. The highest BCUT2D eigenvalue weighted by molar-refractivity contribution is 5.17. The molecule has 0 N–H and O–H groups in total. The highest BCUT2D eigenvalue weighted by atomic mass is 14.0. The van der Waals surface area contributed by atoms with Crippen LogP contribution in [0, 0.1) is 5.92 Å².